The molecule has 3 N–H and O–H groups in total. The highest BCUT2D eigenvalue weighted by Gasteiger charge is 2.06. The van der Waals surface area contributed by atoms with Gasteiger partial charge in [0.25, 0.3) is 0 Å². The molecular weight excluding hydrogens is 506 g/mol. The Morgan fingerprint density at radius 2 is 2.04 bits per heavy atom. The van der Waals surface area contributed by atoms with Crippen LogP contribution in [0.4, 0.5) is 5.82 Å². The summed E-state index contributed by atoms with van der Waals surface area (Å²) in [7, 11) is 1.74. The molecule has 0 fully saturated rings. The van der Waals surface area contributed by atoms with Crippen LogP contribution in [0.1, 0.15) is 30.5 Å². The second kappa shape index (κ2) is 11.8. The number of hydrogen-bond donors (Lipinski definition) is 3. The van der Waals surface area contributed by atoms with E-state index in [0.29, 0.717) is 41.4 Å². The largest absolute Gasteiger partial charge is 0.367 e. The third kappa shape index (κ3) is 7.42. The molecule has 144 valence electrons. The first-order chi connectivity index (χ1) is 12.0. The summed E-state index contributed by atoms with van der Waals surface area (Å²) in [5.74, 6) is 1.78. The Morgan fingerprint density at radius 3 is 2.65 bits per heavy atom. The number of nitrogens with one attached hydrogen (secondary N) is 3. The van der Waals surface area contributed by atoms with Gasteiger partial charge in [0, 0.05) is 31.7 Å². The lowest BCUT2D eigenvalue weighted by atomic mass is 10.2. The van der Waals surface area contributed by atoms with Crippen molar-refractivity contribution < 1.29 is 0 Å². The lowest BCUT2D eigenvalue weighted by molar-refractivity contribution is 0.787. The molecule has 2 heterocycles. The zero-order chi connectivity index (χ0) is 18.2. The molecule has 26 heavy (non-hydrogen) atoms. The van der Waals surface area contributed by atoms with Gasteiger partial charge < -0.3 is 16.0 Å². The van der Waals surface area contributed by atoms with Crippen LogP contribution in [-0.4, -0.2) is 36.1 Å². The fourth-order valence-electron chi connectivity index (χ4n) is 1.96. The zero-order valence-corrected chi connectivity index (χ0v) is 19.5. The molecule has 0 amide bonds. The zero-order valence-electron chi connectivity index (χ0n) is 14.8. The quantitative estimate of drug-likeness (QED) is 0.215. The van der Waals surface area contributed by atoms with Crippen molar-refractivity contribution in [2.24, 2.45) is 4.99 Å². The van der Waals surface area contributed by atoms with E-state index < -0.39 is 0 Å². The van der Waals surface area contributed by atoms with Gasteiger partial charge in [0.05, 0.1) is 22.3 Å². The fraction of sp³-hybridized carbons (Fsp3) is 0.438. The third-order valence-corrected chi connectivity index (χ3v) is 4.67. The molecule has 0 aromatic carbocycles. The topological polar surface area (TPSA) is 74.2 Å². The van der Waals surface area contributed by atoms with Crippen LogP contribution in [0.2, 0.25) is 10.0 Å². The maximum atomic E-state index is 6.07. The summed E-state index contributed by atoms with van der Waals surface area (Å²) in [6.07, 6.45) is 1.56. The van der Waals surface area contributed by atoms with Crippen molar-refractivity contribution >= 4 is 70.3 Å². The van der Waals surface area contributed by atoms with Crippen molar-refractivity contribution in [2.75, 3.05) is 25.5 Å². The van der Waals surface area contributed by atoms with Gasteiger partial charge in [-0.05, 0) is 12.0 Å². The molecule has 2 rings (SSSR count). The number of pyridine rings is 1. The van der Waals surface area contributed by atoms with Gasteiger partial charge in [0.1, 0.15) is 10.8 Å². The highest BCUT2D eigenvalue weighted by molar-refractivity contribution is 14.0. The summed E-state index contributed by atoms with van der Waals surface area (Å²) in [4.78, 5) is 13.0. The van der Waals surface area contributed by atoms with E-state index in [0.717, 1.165) is 16.7 Å². The van der Waals surface area contributed by atoms with Gasteiger partial charge in [-0.3, -0.25) is 4.99 Å². The van der Waals surface area contributed by atoms with Crippen LogP contribution in [0.15, 0.2) is 22.6 Å². The minimum absolute atomic E-state index is 0. The molecule has 0 aliphatic heterocycles. The van der Waals surface area contributed by atoms with Crippen LogP contribution >= 0.6 is 58.5 Å². The highest BCUT2D eigenvalue weighted by Crippen LogP contribution is 2.22. The van der Waals surface area contributed by atoms with Gasteiger partial charge in [-0.15, -0.1) is 35.3 Å². The van der Waals surface area contributed by atoms with Gasteiger partial charge in [-0.25, -0.2) is 9.97 Å². The van der Waals surface area contributed by atoms with E-state index >= 15 is 0 Å². The molecule has 0 radical (unpaired) electrons. The first-order valence-corrected chi connectivity index (χ1v) is 9.57. The fourth-order valence-corrected chi connectivity index (χ4v) is 3.30. The Hall–Kier alpha value is -0.840. The molecule has 0 saturated carbocycles. The minimum atomic E-state index is 0. The molecule has 10 heteroatoms. The van der Waals surface area contributed by atoms with Crippen molar-refractivity contribution in [3.63, 3.8) is 0 Å². The van der Waals surface area contributed by atoms with E-state index in [1.165, 1.54) is 0 Å². The summed E-state index contributed by atoms with van der Waals surface area (Å²) in [5, 5.41) is 13.8. The van der Waals surface area contributed by atoms with Crippen molar-refractivity contribution in [3.8, 4) is 0 Å². The van der Waals surface area contributed by atoms with Gasteiger partial charge in [0.2, 0.25) is 0 Å². The van der Waals surface area contributed by atoms with Crippen molar-refractivity contribution in [2.45, 2.75) is 26.3 Å². The van der Waals surface area contributed by atoms with Crippen LogP contribution in [0.25, 0.3) is 0 Å². The monoisotopic (exact) mass is 528 g/mol. The van der Waals surface area contributed by atoms with E-state index in [-0.39, 0.29) is 24.0 Å². The average molecular weight is 529 g/mol. The van der Waals surface area contributed by atoms with Gasteiger partial charge >= 0.3 is 0 Å². The standard InChI is InChI=1S/C16H22Cl2N6S.HI/c1-10(2)13-9-25-14(24-13)8-23-16(19-3)21-5-4-20-15-12(18)6-11(17)7-22-15;/h6-7,9-10H,4-5,8H2,1-3H3,(H,20,22)(H2,19,21,23);1H. The first-order valence-electron chi connectivity index (χ1n) is 7.93. The molecule has 0 aliphatic carbocycles. The van der Waals surface area contributed by atoms with Gasteiger partial charge in [-0.1, -0.05) is 37.0 Å². The summed E-state index contributed by atoms with van der Waals surface area (Å²) >= 11 is 13.6. The van der Waals surface area contributed by atoms with Crippen molar-refractivity contribution in [1.82, 2.24) is 20.6 Å². The van der Waals surface area contributed by atoms with E-state index in [2.05, 4.69) is 50.1 Å². The maximum Gasteiger partial charge on any atom is 0.191 e. The molecule has 0 bridgehead atoms. The SMILES string of the molecule is CN=C(NCCNc1ncc(Cl)cc1Cl)NCc1nc(C(C)C)cs1.I. The molecule has 0 atom stereocenters. The van der Waals surface area contributed by atoms with Crippen molar-refractivity contribution in [3.05, 3.63) is 38.4 Å². The number of rotatable bonds is 7. The number of aromatic nitrogens is 2. The van der Waals surface area contributed by atoms with Crippen LogP contribution in [0, 0.1) is 0 Å². The second-order valence-electron chi connectivity index (χ2n) is 5.58. The number of guanidine groups is 1. The summed E-state index contributed by atoms with van der Waals surface area (Å²) in [5.41, 5.74) is 1.13. The lowest BCUT2D eigenvalue weighted by Crippen LogP contribution is -2.39. The molecule has 0 spiro atoms. The number of hydrogen-bond acceptors (Lipinski definition) is 5. The second-order valence-corrected chi connectivity index (χ2v) is 7.37. The molecular formula is C16H23Cl2IN6S. The van der Waals surface area contributed by atoms with Crippen LogP contribution in [0.5, 0.6) is 0 Å². The molecule has 6 nitrogen and oxygen atoms in total. The summed E-state index contributed by atoms with van der Waals surface area (Å²) in [6, 6.07) is 1.66. The van der Waals surface area contributed by atoms with Crippen LogP contribution in [0.3, 0.4) is 0 Å². The highest BCUT2D eigenvalue weighted by atomic mass is 127. The van der Waals surface area contributed by atoms with E-state index in [4.69, 9.17) is 23.2 Å². The van der Waals surface area contributed by atoms with Gasteiger partial charge in [0.15, 0.2) is 5.96 Å². The summed E-state index contributed by atoms with van der Waals surface area (Å²) in [6.45, 7) is 6.23. The number of aliphatic imine (C=N–C) groups is 1. The predicted octanol–water partition coefficient (Wildman–Crippen LogP) is 4.36. The minimum Gasteiger partial charge on any atom is -0.367 e. The Bertz CT molecular complexity index is 723. The Morgan fingerprint density at radius 1 is 1.27 bits per heavy atom. The molecule has 2 aromatic rings. The predicted molar refractivity (Wildman–Crippen MR) is 123 cm³/mol. The number of thiazole rings is 1. The van der Waals surface area contributed by atoms with E-state index in [1.54, 1.807) is 30.6 Å². The summed E-state index contributed by atoms with van der Waals surface area (Å²) < 4.78 is 0. The van der Waals surface area contributed by atoms with Crippen LogP contribution in [-0.2, 0) is 6.54 Å². The third-order valence-electron chi connectivity index (χ3n) is 3.31. The smallest absolute Gasteiger partial charge is 0.191 e. The van der Waals surface area contributed by atoms with E-state index in [1.807, 2.05) is 0 Å². The van der Waals surface area contributed by atoms with Crippen LogP contribution < -0.4 is 16.0 Å². The Labute approximate surface area is 185 Å². The Kier molecular flexibility index (Phi) is 10.5. The van der Waals surface area contributed by atoms with Gasteiger partial charge in [-0.2, -0.15) is 0 Å². The maximum absolute atomic E-state index is 6.07. The van der Waals surface area contributed by atoms with Crippen molar-refractivity contribution in [1.29, 1.82) is 0 Å². The molecule has 0 unspecified atom stereocenters. The number of nitrogens with zero attached hydrogens (tertiary/aromatic N) is 3. The molecule has 2 aromatic heterocycles. The number of halogens is 3. The average Bonchev–Trinajstić information content (AvgIpc) is 3.05. The lowest BCUT2D eigenvalue weighted by Gasteiger charge is -2.12. The molecule has 0 aliphatic rings. The van der Waals surface area contributed by atoms with E-state index in [9.17, 15) is 0 Å². The normalized spacial score (nSPS) is 11.2. The molecule has 0 saturated heterocycles. The first kappa shape index (κ1) is 23.2. The Balaban J connectivity index is 0.00000338. The number of anilines is 1.